The van der Waals surface area contributed by atoms with Crippen LogP contribution in [-0.2, 0) is 4.79 Å². The fraction of sp³-hybridized carbons (Fsp3) is 0.867. The molecule has 21 heavy (non-hydrogen) atoms. The molecule has 6 nitrogen and oxygen atoms in total. The maximum atomic E-state index is 11.9. The topological polar surface area (TPSA) is 89.9 Å². The number of carboxylic acids is 1. The Balaban J connectivity index is 4.09. The molecule has 1 atom stereocenters. The molecule has 3 N–H and O–H groups in total. The van der Waals surface area contributed by atoms with E-state index in [0.29, 0.717) is 32.0 Å². The van der Waals surface area contributed by atoms with E-state index in [-0.39, 0.29) is 19.1 Å². The van der Waals surface area contributed by atoms with Gasteiger partial charge < -0.3 is 20.4 Å². The Morgan fingerprint density at radius 1 is 1.10 bits per heavy atom. The van der Waals surface area contributed by atoms with Gasteiger partial charge in [0.15, 0.2) is 0 Å². The molecule has 0 heterocycles. The quantitative estimate of drug-likeness (QED) is 0.515. The van der Waals surface area contributed by atoms with E-state index in [0.717, 1.165) is 25.7 Å². The second-order valence-corrected chi connectivity index (χ2v) is 5.32. The predicted octanol–water partition coefficient (Wildman–Crippen LogP) is 2.07. The van der Waals surface area contributed by atoms with Crippen molar-refractivity contribution in [3.8, 4) is 0 Å². The Hall–Kier alpha value is -1.30. The fourth-order valence-electron chi connectivity index (χ4n) is 2.37. The molecule has 0 aliphatic rings. The van der Waals surface area contributed by atoms with E-state index in [9.17, 15) is 9.59 Å². The lowest BCUT2D eigenvalue weighted by molar-refractivity contribution is -0.137. The molecule has 0 aliphatic heterocycles. The SMILES string of the molecule is CCCC(CCNC(=O)N(CCC)CCO)CCC(=O)O. The average molecular weight is 302 g/mol. The number of rotatable bonds is 12. The lowest BCUT2D eigenvalue weighted by Crippen LogP contribution is -2.42. The highest BCUT2D eigenvalue weighted by Gasteiger charge is 2.13. The molecule has 0 saturated carbocycles. The molecule has 0 aliphatic carbocycles. The summed E-state index contributed by atoms with van der Waals surface area (Å²) in [7, 11) is 0. The van der Waals surface area contributed by atoms with Crippen LogP contribution in [-0.4, -0.2) is 53.4 Å². The first-order valence-electron chi connectivity index (χ1n) is 7.90. The van der Waals surface area contributed by atoms with E-state index in [1.165, 1.54) is 0 Å². The van der Waals surface area contributed by atoms with Crippen molar-refractivity contribution in [1.82, 2.24) is 10.2 Å². The molecule has 0 aromatic heterocycles. The third-order valence-corrected chi connectivity index (χ3v) is 3.44. The van der Waals surface area contributed by atoms with Gasteiger partial charge in [0.25, 0.3) is 0 Å². The molecule has 124 valence electrons. The lowest BCUT2D eigenvalue weighted by Gasteiger charge is -2.22. The summed E-state index contributed by atoms with van der Waals surface area (Å²) in [6, 6.07) is -0.153. The number of aliphatic hydroxyl groups is 1. The van der Waals surface area contributed by atoms with E-state index < -0.39 is 5.97 Å². The van der Waals surface area contributed by atoms with Gasteiger partial charge in [0, 0.05) is 26.1 Å². The van der Waals surface area contributed by atoms with Crippen LogP contribution in [0.3, 0.4) is 0 Å². The summed E-state index contributed by atoms with van der Waals surface area (Å²) < 4.78 is 0. The van der Waals surface area contributed by atoms with Gasteiger partial charge in [0.1, 0.15) is 0 Å². The predicted molar refractivity (Wildman–Crippen MR) is 82.2 cm³/mol. The number of aliphatic carboxylic acids is 1. The summed E-state index contributed by atoms with van der Waals surface area (Å²) >= 11 is 0. The minimum atomic E-state index is -0.766. The number of aliphatic hydroxyl groups excluding tert-OH is 1. The number of hydrogen-bond acceptors (Lipinski definition) is 3. The Morgan fingerprint density at radius 3 is 2.33 bits per heavy atom. The van der Waals surface area contributed by atoms with Crippen LogP contribution in [0.2, 0.25) is 0 Å². The number of carbonyl (C=O) groups excluding carboxylic acids is 1. The molecule has 0 aromatic rings. The van der Waals surface area contributed by atoms with Gasteiger partial charge in [-0.05, 0) is 25.2 Å². The van der Waals surface area contributed by atoms with Gasteiger partial charge in [-0.15, -0.1) is 0 Å². The Bertz CT molecular complexity index is 291. The second kappa shape index (κ2) is 12.4. The molecule has 0 saturated heterocycles. The second-order valence-electron chi connectivity index (χ2n) is 5.32. The normalized spacial score (nSPS) is 12.0. The van der Waals surface area contributed by atoms with E-state index in [2.05, 4.69) is 12.2 Å². The van der Waals surface area contributed by atoms with E-state index in [4.69, 9.17) is 10.2 Å². The van der Waals surface area contributed by atoms with Crippen molar-refractivity contribution in [1.29, 1.82) is 0 Å². The van der Waals surface area contributed by atoms with Crippen LogP contribution in [0.15, 0.2) is 0 Å². The maximum absolute atomic E-state index is 11.9. The minimum Gasteiger partial charge on any atom is -0.481 e. The number of hydrogen-bond donors (Lipinski definition) is 3. The lowest BCUT2D eigenvalue weighted by atomic mass is 9.94. The zero-order chi connectivity index (χ0) is 16.1. The van der Waals surface area contributed by atoms with Gasteiger partial charge in [0.05, 0.1) is 6.61 Å². The monoisotopic (exact) mass is 302 g/mol. The van der Waals surface area contributed by atoms with Crippen molar-refractivity contribution < 1.29 is 19.8 Å². The first-order valence-corrected chi connectivity index (χ1v) is 7.90. The van der Waals surface area contributed by atoms with Crippen LogP contribution in [0, 0.1) is 5.92 Å². The van der Waals surface area contributed by atoms with Gasteiger partial charge in [-0.25, -0.2) is 4.79 Å². The Labute approximate surface area is 127 Å². The third kappa shape index (κ3) is 10.1. The Morgan fingerprint density at radius 2 is 1.81 bits per heavy atom. The molecule has 1 unspecified atom stereocenters. The maximum Gasteiger partial charge on any atom is 0.317 e. The summed E-state index contributed by atoms with van der Waals surface area (Å²) in [5, 5.41) is 20.5. The molecule has 0 aromatic carbocycles. The molecule has 0 radical (unpaired) electrons. The van der Waals surface area contributed by atoms with E-state index in [1.54, 1.807) is 4.90 Å². The molecular formula is C15H30N2O4. The number of nitrogens with zero attached hydrogens (tertiary/aromatic N) is 1. The van der Waals surface area contributed by atoms with Crippen molar-refractivity contribution >= 4 is 12.0 Å². The van der Waals surface area contributed by atoms with Crippen LogP contribution < -0.4 is 5.32 Å². The summed E-state index contributed by atoms with van der Waals surface area (Å²) in [6.45, 7) is 5.55. The highest BCUT2D eigenvalue weighted by Crippen LogP contribution is 2.17. The van der Waals surface area contributed by atoms with Crippen molar-refractivity contribution in [2.75, 3.05) is 26.2 Å². The number of carboxylic acid groups (broad SMARTS) is 1. The number of carbonyl (C=O) groups is 2. The van der Waals surface area contributed by atoms with Crippen molar-refractivity contribution in [2.45, 2.75) is 52.4 Å². The van der Waals surface area contributed by atoms with Crippen LogP contribution in [0.4, 0.5) is 4.79 Å². The van der Waals surface area contributed by atoms with Crippen molar-refractivity contribution in [2.24, 2.45) is 5.92 Å². The third-order valence-electron chi connectivity index (χ3n) is 3.44. The van der Waals surface area contributed by atoms with Gasteiger partial charge in [-0.2, -0.15) is 0 Å². The Kier molecular flexibility index (Phi) is 11.7. The molecule has 6 heteroatoms. The van der Waals surface area contributed by atoms with Crippen LogP contribution in [0.5, 0.6) is 0 Å². The minimum absolute atomic E-state index is 0.0372. The highest BCUT2D eigenvalue weighted by atomic mass is 16.4. The van der Waals surface area contributed by atoms with E-state index >= 15 is 0 Å². The van der Waals surface area contributed by atoms with Gasteiger partial charge in [-0.1, -0.05) is 26.7 Å². The zero-order valence-corrected chi connectivity index (χ0v) is 13.3. The molecule has 0 rings (SSSR count). The average Bonchev–Trinajstić information content (AvgIpc) is 2.44. The summed E-state index contributed by atoms with van der Waals surface area (Å²) in [4.78, 5) is 24.2. The number of urea groups is 1. The molecule has 2 amide bonds. The summed E-state index contributed by atoms with van der Waals surface area (Å²) in [5.41, 5.74) is 0. The van der Waals surface area contributed by atoms with E-state index in [1.807, 2.05) is 6.92 Å². The van der Waals surface area contributed by atoms with Gasteiger partial charge in [-0.3, -0.25) is 4.79 Å². The molecule has 0 bridgehead atoms. The summed E-state index contributed by atoms with van der Waals surface area (Å²) in [6.07, 6.45) is 4.50. The van der Waals surface area contributed by atoms with Crippen LogP contribution in [0.1, 0.15) is 52.4 Å². The van der Waals surface area contributed by atoms with Crippen molar-refractivity contribution in [3.05, 3.63) is 0 Å². The first kappa shape index (κ1) is 19.7. The number of nitrogens with one attached hydrogen (secondary N) is 1. The van der Waals surface area contributed by atoms with Crippen LogP contribution >= 0.6 is 0 Å². The molecule has 0 spiro atoms. The van der Waals surface area contributed by atoms with Crippen molar-refractivity contribution in [3.63, 3.8) is 0 Å². The smallest absolute Gasteiger partial charge is 0.317 e. The largest absolute Gasteiger partial charge is 0.481 e. The van der Waals surface area contributed by atoms with Gasteiger partial charge >= 0.3 is 12.0 Å². The molecule has 0 fully saturated rings. The van der Waals surface area contributed by atoms with Gasteiger partial charge in [0.2, 0.25) is 0 Å². The zero-order valence-electron chi connectivity index (χ0n) is 13.3. The van der Waals surface area contributed by atoms with Crippen LogP contribution in [0.25, 0.3) is 0 Å². The standard InChI is InChI=1S/C15H30N2O4/c1-3-5-13(6-7-14(19)20)8-9-16-15(21)17(10-4-2)11-12-18/h13,18H,3-12H2,1-2H3,(H,16,21)(H,19,20). The highest BCUT2D eigenvalue weighted by molar-refractivity contribution is 5.74. The first-order chi connectivity index (χ1) is 10.0. The summed E-state index contributed by atoms with van der Waals surface area (Å²) in [5.74, 6) is -0.430. The fourth-order valence-corrected chi connectivity index (χ4v) is 2.37. The molecular weight excluding hydrogens is 272 g/mol. The number of amides is 2.